The summed E-state index contributed by atoms with van der Waals surface area (Å²) >= 11 is 0. The Morgan fingerprint density at radius 2 is 2.15 bits per heavy atom. The zero-order valence-corrected chi connectivity index (χ0v) is 9.19. The second-order valence-electron chi connectivity index (χ2n) is 2.99. The van der Waals surface area contributed by atoms with E-state index in [0.717, 1.165) is 19.4 Å². The molecule has 0 aromatic heterocycles. The summed E-state index contributed by atoms with van der Waals surface area (Å²) in [5.74, 6) is 0. The van der Waals surface area contributed by atoms with Gasteiger partial charge in [0.2, 0.25) is 0 Å². The van der Waals surface area contributed by atoms with E-state index >= 15 is 0 Å². The average molecular weight is 207 g/mol. The van der Waals surface area contributed by atoms with Crippen LogP contribution in [0.5, 0.6) is 0 Å². The lowest BCUT2D eigenvalue weighted by molar-refractivity contribution is 0.312. The Balaban J connectivity index is 3.17. The summed E-state index contributed by atoms with van der Waals surface area (Å²) in [6.45, 7) is 1.29. The predicted octanol–water partition coefficient (Wildman–Crippen LogP) is 1.28. The van der Waals surface area contributed by atoms with Gasteiger partial charge in [-0.15, -0.1) is 0 Å². The standard InChI is InChI=1S/C8H18NO3P/c1-9(2)7-5-3-4-6-8-12-13(10)11/h4,6,13H,3,5,7-8H2,1-2H3,(H,10,11). The molecular formula is C8H18NO3P. The van der Waals surface area contributed by atoms with Crippen LogP contribution in [0.25, 0.3) is 0 Å². The Morgan fingerprint density at radius 1 is 1.46 bits per heavy atom. The normalized spacial score (nSPS) is 14.2. The lowest BCUT2D eigenvalue weighted by atomic mass is 10.3. The average Bonchev–Trinajstić information content (AvgIpc) is 2.01. The molecule has 0 rings (SSSR count). The van der Waals surface area contributed by atoms with Crippen LogP contribution in [0.1, 0.15) is 12.8 Å². The highest BCUT2D eigenvalue weighted by Gasteiger charge is 1.88. The predicted molar refractivity (Wildman–Crippen MR) is 54.1 cm³/mol. The van der Waals surface area contributed by atoms with Crippen LogP contribution in [0.3, 0.4) is 0 Å². The number of hydrogen-bond acceptors (Lipinski definition) is 3. The molecule has 1 atom stereocenters. The Bertz CT molecular complexity index is 171. The summed E-state index contributed by atoms with van der Waals surface area (Å²) in [6.07, 6.45) is 5.81. The molecule has 13 heavy (non-hydrogen) atoms. The molecule has 0 spiro atoms. The van der Waals surface area contributed by atoms with E-state index in [2.05, 4.69) is 9.42 Å². The van der Waals surface area contributed by atoms with Crippen molar-refractivity contribution in [2.45, 2.75) is 12.8 Å². The number of allylic oxidation sites excluding steroid dienone is 1. The Hall–Kier alpha value is -0.150. The minimum absolute atomic E-state index is 0.232. The van der Waals surface area contributed by atoms with Gasteiger partial charge in [-0.1, -0.05) is 12.2 Å². The lowest BCUT2D eigenvalue weighted by Crippen LogP contribution is -2.12. The van der Waals surface area contributed by atoms with Gasteiger partial charge in [0.05, 0.1) is 6.61 Å². The maximum atomic E-state index is 10.1. The summed E-state index contributed by atoms with van der Waals surface area (Å²) < 4.78 is 14.6. The van der Waals surface area contributed by atoms with Crippen LogP contribution in [-0.2, 0) is 9.09 Å². The molecule has 0 heterocycles. The number of rotatable bonds is 7. The van der Waals surface area contributed by atoms with Gasteiger partial charge >= 0.3 is 8.25 Å². The highest BCUT2D eigenvalue weighted by atomic mass is 31.1. The zero-order valence-electron chi connectivity index (χ0n) is 8.19. The molecule has 0 aliphatic heterocycles. The van der Waals surface area contributed by atoms with Gasteiger partial charge in [0, 0.05) is 0 Å². The van der Waals surface area contributed by atoms with Crippen LogP contribution in [0.2, 0.25) is 0 Å². The van der Waals surface area contributed by atoms with E-state index in [1.807, 2.05) is 20.2 Å². The molecule has 1 unspecified atom stereocenters. The van der Waals surface area contributed by atoms with Gasteiger partial charge in [-0.2, -0.15) is 0 Å². The summed E-state index contributed by atoms with van der Waals surface area (Å²) in [4.78, 5) is 10.4. The van der Waals surface area contributed by atoms with Gasteiger partial charge in [-0.05, 0) is 33.5 Å². The Labute approximate surface area is 80.1 Å². The van der Waals surface area contributed by atoms with Crippen molar-refractivity contribution < 1.29 is 14.0 Å². The molecule has 0 aliphatic rings. The van der Waals surface area contributed by atoms with Gasteiger partial charge in [0.1, 0.15) is 0 Å². The fourth-order valence-electron chi connectivity index (χ4n) is 0.831. The molecule has 0 aromatic carbocycles. The first kappa shape index (κ1) is 12.8. The monoisotopic (exact) mass is 207 g/mol. The molecule has 0 saturated carbocycles. The minimum Gasteiger partial charge on any atom is -0.326 e. The van der Waals surface area contributed by atoms with Crippen LogP contribution in [0.4, 0.5) is 0 Å². The molecule has 0 aromatic rings. The van der Waals surface area contributed by atoms with Crippen LogP contribution in [-0.4, -0.2) is 37.0 Å². The van der Waals surface area contributed by atoms with Gasteiger partial charge in [0.25, 0.3) is 0 Å². The molecule has 0 aliphatic carbocycles. The van der Waals surface area contributed by atoms with Crippen molar-refractivity contribution in [1.82, 2.24) is 4.90 Å². The van der Waals surface area contributed by atoms with Crippen LogP contribution >= 0.6 is 8.25 Å². The van der Waals surface area contributed by atoms with E-state index in [9.17, 15) is 4.57 Å². The first-order valence-corrected chi connectivity index (χ1v) is 5.54. The fraction of sp³-hybridized carbons (Fsp3) is 0.750. The van der Waals surface area contributed by atoms with Gasteiger partial charge < -0.3 is 14.3 Å². The summed E-state index contributed by atoms with van der Waals surface area (Å²) in [5.41, 5.74) is 0. The number of hydrogen-bond donors (Lipinski definition) is 1. The number of nitrogens with zero attached hydrogens (tertiary/aromatic N) is 1. The summed E-state index contributed by atoms with van der Waals surface area (Å²) in [5, 5.41) is 0. The van der Waals surface area contributed by atoms with Crippen molar-refractivity contribution in [3.05, 3.63) is 12.2 Å². The van der Waals surface area contributed by atoms with Crippen molar-refractivity contribution in [3.63, 3.8) is 0 Å². The Morgan fingerprint density at radius 3 is 2.69 bits per heavy atom. The fourth-order valence-corrected chi connectivity index (χ4v) is 1.07. The molecule has 78 valence electrons. The van der Waals surface area contributed by atoms with Crippen molar-refractivity contribution in [2.24, 2.45) is 0 Å². The zero-order chi connectivity index (χ0) is 10.1. The maximum Gasteiger partial charge on any atom is 0.316 e. The van der Waals surface area contributed by atoms with Crippen molar-refractivity contribution >= 4 is 8.25 Å². The number of unbranched alkanes of at least 4 members (excludes halogenated alkanes) is 1. The van der Waals surface area contributed by atoms with Crippen molar-refractivity contribution in [3.8, 4) is 0 Å². The summed E-state index contributed by atoms with van der Waals surface area (Å²) in [6, 6.07) is 0. The van der Waals surface area contributed by atoms with Crippen molar-refractivity contribution in [2.75, 3.05) is 27.2 Å². The summed E-state index contributed by atoms with van der Waals surface area (Å²) in [7, 11) is 1.32. The van der Waals surface area contributed by atoms with Crippen molar-refractivity contribution in [1.29, 1.82) is 0 Å². The highest BCUT2D eigenvalue weighted by molar-refractivity contribution is 7.32. The molecule has 0 radical (unpaired) electrons. The third-order valence-corrected chi connectivity index (χ3v) is 1.86. The molecule has 0 fully saturated rings. The van der Waals surface area contributed by atoms with E-state index in [-0.39, 0.29) is 6.61 Å². The van der Waals surface area contributed by atoms with Crippen LogP contribution in [0, 0.1) is 0 Å². The second kappa shape index (κ2) is 8.45. The molecule has 5 heteroatoms. The SMILES string of the molecule is CN(C)CCCC=CCO[PH](=O)O. The third kappa shape index (κ3) is 11.9. The molecule has 0 bridgehead atoms. The molecular weight excluding hydrogens is 189 g/mol. The largest absolute Gasteiger partial charge is 0.326 e. The first-order valence-electron chi connectivity index (χ1n) is 4.28. The Kier molecular flexibility index (Phi) is 8.35. The molecule has 4 nitrogen and oxygen atoms in total. The lowest BCUT2D eigenvalue weighted by Gasteiger charge is -2.06. The first-order chi connectivity index (χ1) is 6.13. The van der Waals surface area contributed by atoms with E-state index in [1.165, 1.54) is 0 Å². The smallest absolute Gasteiger partial charge is 0.316 e. The maximum absolute atomic E-state index is 10.1. The van der Waals surface area contributed by atoms with E-state index in [0.29, 0.717) is 0 Å². The molecule has 0 saturated heterocycles. The van der Waals surface area contributed by atoms with Crippen LogP contribution in [0.15, 0.2) is 12.2 Å². The van der Waals surface area contributed by atoms with E-state index in [4.69, 9.17) is 4.89 Å². The minimum atomic E-state index is -2.75. The topological polar surface area (TPSA) is 49.8 Å². The van der Waals surface area contributed by atoms with E-state index < -0.39 is 8.25 Å². The third-order valence-electron chi connectivity index (χ3n) is 1.45. The van der Waals surface area contributed by atoms with Gasteiger partial charge in [-0.25, -0.2) is 0 Å². The molecule has 1 N–H and O–H groups in total. The second-order valence-corrected chi connectivity index (χ2v) is 3.81. The van der Waals surface area contributed by atoms with E-state index in [1.54, 1.807) is 6.08 Å². The quantitative estimate of drug-likeness (QED) is 0.388. The van der Waals surface area contributed by atoms with Gasteiger partial charge in [0.15, 0.2) is 0 Å². The van der Waals surface area contributed by atoms with Gasteiger partial charge in [-0.3, -0.25) is 4.57 Å². The van der Waals surface area contributed by atoms with Crippen LogP contribution < -0.4 is 0 Å². The highest BCUT2D eigenvalue weighted by Crippen LogP contribution is 2.13. The molecule has 0 amide bonds.